The molecule has 2 N–H and O–H groups in total. The molecule has 20 heavy (non-hydrogen) atoms. The van der Waals surface area contributed by atoms with Gasteiger partial charge in [-0.25, -0.2) is 0 Å². The van der Waals surface area contributed by atoms with E-state index in [0.717, 1.165) is 4.47 Å². The first-order valence-corrected chi connectivity index (χ1v) is 6.88. The summed E-state index contributed by atoms with van der Waals surface area (Å²) < 4.78 is 0.783. The Kier molecular flexibility index (Phi) is 5.44. The number of carbonyl (C=O) groups excluding carboxylic acids is 1. The Bertz CT molecular complexity index is 507. The Balaban J connectivity index is 3.06. The highest BCUT2D eigenvalue weighted by molar-refractivity contribution is 9.10. The van der Waals surface area contributed by atoms with Crippen LogP contribution in [-0.2, 0) is 9.59 Å². The van der Waals surface area contributed by atoms with Gasteiger partial charge in [0.2, 0.25) is 0 Å². The molecular weight excluding hydrogens is 328 g/mol. The average molecular weight is 343 g/mol. The molecule has 108 valence electrons. The van der Waals surface area contributed by atoms with Gasteiger partial charge in [-0.1, -0.05) is 41.4 Å². The van der Waals surface area contributed by atoms with Crippen LogP contribution in [0.4, 0.5) is 0 Å². The monoisotopic (exact) mass is 342 g/mol. The van der Waals surface area contributed by atoms with Gasteiger partial charge in [-0.3, -0.25) is 14.4 Å². The average Bonchev–Trinajstić information content (AvgIpc) is 2.38. The first-order chi connectivity index (χ1) is 9.33. The van der Waals surface area contributed by atoms with Gasteiger partial charge in [-0.05, 0) is 18.6 Å². The molecule has 0 aliphatic rings. The van der Waals surface area contributed by atoms with E-state index in [1.807, 2.05) is 0 Å². The topological polar surface area (TPSA) is 91.7 Å². The van der Waals surface area contributed by atoms with Gasteiger partial charge in [-0.2, -0.15) is 0 Å². The molecule has 0 unspecified atom stereocenters. The minimum Gasteiger partial charge on any atom is -0.480 e. The first-order valence-electron chi connectivity index (χ1n) is 6.09. The molecule has 5 nitrogen and oxygen atoms in total. The maximum atomic E-state index is 12.1. The van der Waals surface area contributed by atoms with E-state index in [1.165, 1.54) is 12.1 Å². The molecule has 0 aliphatic carbocycles. The third-order valence-electron chi connectivity index (χ3n) is 3.12. The minimum atomic E-state index is -2.06. The molecule has 0 spiro atoms. The SMILES string of the molecule is CCCC(CC(=O)c1ccc(Br)cc1)(C(=O)O)C(=O)O. The number of hydrogen-bond acceptors (Lipinski definition) is 3. The predicted molar refractivity (Wildman–Crippen MR) is 75.7 cm³/mol. The third-order valence-corrected chi connectivity index (χ3v) is 3.65. The summed E-state index contributed by atoms with van der Waals surface area (Å²) in [6.07, 6.45) is -0.265. The highest BCUT2D eigenvalue weighted by Crippen LogP contribution is 2.31. The second-order valence-electron chi connectivity index (χ2n) is 4.55. The normalized spacial score (nSPS) is 11.1. The number of rotatable bonds is 7. The summed E-state index contributed by atoms with van der Waals surface area (Å²) in [5, 5.41) is 18.4. The number of aliphatic carboxylic acids is 2. The second-order valence-corrected chi connectivity index (χ2v) is 5.46. The Labute approximate surface area is 124 Å². The van der Waals surface area contributed by atoms with Crippen LogP contribution in [0, 0.1) is 5.41 Å². The molecule has 6 heteroatoms. The van der Waals surface area contributed by atoms with Crippen LogP contribution in [0.3, 0.4) is 0 Å². The molecule has 0 radical (unpaired) electrons. The minimum absolute atomic E-state index is 0.0834. The van der Waals surface area contributed by atoms with Crippen molar-refractivity contribution in [3.8, 4) is 0 Å². The van der Waals surface area contributed by atoms with E-state index in [4.69, 9.17) is 0 Å². The summed E-state index contributed by atoms with van der Waals surface area (Å²) in [6, 6.07) is 6.37. The van der Waals surface area contributed by atoms with Crippen molar-refractivity contribution in [2.75, 3.05) is 0 Å². The summed E-state index contributed by atoms with van der Waals surface area (Å²) in [5.41, 5.74) is -1.75. The largest absolute Gasteiger partial charge is 0.480 e. The maximum Gasteiger partial charge on any atom is 0.321 e. The van der Waals surface area contributed by atoms with Crippen molar-refractivity contribution in [2.45, 2.75) is 26.2 Å². The summed E-state index contributed by atoms with van der Waals surface area (Å²) in [7, 11) is 0. The van der Waals surface area contributed by atoms with Crippen LogP contribution in [0.1, 0.15) is 36.5 Å². The van der Waals surface area contributed by atoms with E-state index in [-0.39, 0.29) is 6.42 Å². The van der Waals surface area contributed by atoms with Crippen molar-refractivity contribution in [1.82, 2.24) is 0 Å². The van der Waals surface area contributed by atoms with E-state index in [9.17, 15) is 24.6 Å². The first kappa shape index (κ1) is 16.4. The Morgan fingerprint density at radius 3 is 2.00 bits per heavy atom. The van der Waals surface area contributed by atoms with Crippen molar-refractivity contribution >= 4 is 33.7 Å². The number of hydrogen-bond donors (Lipinski definition) is 2. The summed E-state index contributed by atoms with van der Waals surface area (Å²) in [6.45, 7) is 1.69. The molecule has 1 rings (SSSR count). The van der Waals surface area contributed by atoms with Gasteiger partial charge in [-0.15, -0.1) is 0 Å². The lowest BCUT2D eigenvalue weighted by molar-refractivity contribution is -0.165. The third kappa shape index (κ3) is 3.45. The lowest BCUT2D eigenvalue weighted by Gasteiger charge is -2.23. The summed E-state index contributed by atoms with van der Waals surface area (Å²) in [5.74, 6) is -3.44. The maximum absolute atomic E-state index is 12.1. The van der Waals surface area contributed by atoms with Crippen molar-refractivity contribution in [3.63, 3.8) is 0 Å². The Hall–Kier alpha value is -1.69. The number of carbonyl (C=O) groups is 3. The number of ketones is 1. The molecule has 0 atom stereocenters. The van der Waals surface area contributed by atoms with Gasteiger partial charge >= 0.3 is 11.9 Å². The van der Waals surface area contributed by atoms with E-state index in [2.05, 4.69) is 15.9 Å². The van der Waals surface area contributed by atoms with Crippen molar-refractivity contribution < 1.29 is 24.6 Å². The van der Waals surface area contributed by atoms with Gasteiger partial charge < -0.3 is 10.2 Å². The van der Waals surface area contributed by atoms with Crippen LogP contribution in [0.2, 0.25) is 0 Å². The Morgan fingerprint density at radius 2 is 1.60 bits per heavy atom. The van der Waals surface area contributed by atoms with Crippen LogP contribution < -0.4 is 0 Å². The van der Waals surface area contributed by atoms with Gasteiger partial charge in [0.25, 0.3) is 0 Å². The molecule has 0 saturated carbocycles. The number of Topliss-reactive ketones (excluding diaryl/α,β-unsaturated/α-hetero) is 1. The van der Waals surface area contributed by atoms with E-state index < -0.39 is 29.6 Å². The molecule has 1 aromatic rings. The quantitative estimate of drug-likeness (QED) is 0.587. The van der Waals surface area contributed by atoms with Crippen molar-refractivity contribution in [3.05, 3.63) is 34.3 Å². The van der Waals surface area contributed by atoms with Gasteiger partial charge in [0, 0.05) is 16.5 Å². The van der Waals surface area contributed by atoms with Gasteiger partial charge in [0.15, 0.2) is 11.2 Å². The molecular formula is C14H15BrO5. The molecule has 0 aliphatic heterocycles. The fraction of sp³-hybridized carbons (Fsp3) is 0.357. The highest BCUT2D eigenvalue weighted by atomic mass is 79.9. The molecule has 0 heterocycles. The van der Waals surface area contributed by atoms with Crippen molar-refractivity contribution in [1.29, 1.82) is 0 Å². The predicted octanol–water partition coefficient (Wildman–Crippen LogP) is 2.98. The number of halogens is 1. The smallest absolute Gasteiger partial charge is 0.321 e. The second kappa shape index (κ2) is 6.65. The number of carboxylic acids is 2. The van der Waals surface area contributed by atoms with Crippen LogP contribution in [0.25, 0.3) is 0 Å². The van der Waals surface area contributed by atoms with E-state index in [1.54, 1.807) is 19.1 Å². The van der Waals surface area contributed by atoms with Gasteiger partial charge in [0.1, 0.15) is 0 Å². The Morgan fingerprint density at radius 1 is 1.10 bits per heavy atom. The molecule has 0 saturated heterocycles. The zero-order valence-electron chi connectivity index (χ0n) is 10.9. The molecule has 0 amide bonds. The zero-order chi connectivity index (χ0) is 15.3. The number of benzene rings is 1. The lowest BCUT2D eigenvalue weighted by atomic mass is 9.78. The fourth-order valence-corrected chi connectivity index (χ4v) is 2.25. The standard InChI is InChI=1S/C14H15BrO5/c1-2-7-14(12(17)18,13(19)20)8-11(16)9-3-5-10(15)6-4-9/h3-6H,2,7-8H2,1H3,(H,17,18)(H,19,20). The van der Waals surface area contributed by atoms with Crippen LogP contribution in [0.5, 0.6) is 0 Å². The molecule has 1 aromatic carbocycles. The molecule has 0 aromatic heterocycles. The van der Waals surface area contributed by atoms with Crippen LogP contribution in [-0.4, -0.2) is 27.9 Å². The van der Waals surface area contributed by atoms with E-state index in [0.29, 0.717) is 12.0 Å². The molecule has 0 fully saturated rings. The van der Waals surface area contributed by atoms with Crippen LogP contribution >= 0.6 is 15.9 Å². The zero-order valence-corrected chi connectivity index (χ0v) is 12.5. The number of carboxylic acid groups (broad SMARTS) is 2. The van der Waals surface area contributed by atoms with Crippen LogP contribution in [0.15, 0.2) is 28.7 Å². The van der Waals surface area contributed by atoms with E-state index >= 15 is 0 Å². The van der Waals surface area contributed by atoms with Crippen molar-refractivity contribution in [2.24, 2.45) is 5.41 Å². The lowest BCUT2D eigenvalue weighted by Crippen LogP contribution is -2.41. The summed E-state index contributed by atoms with van der Waals surface area (Å²) in [4.78, 5) is 34.8. The molecule has 0 bridgehead atoms. The summed E-state index contributed by atoms with van der Waals surface area (Å²) >= 11 is 3.23. The van der Waals surface area contributed by atoms with Gasteiger partial charge in [0.05, 0.1) is 0 Å². The highest BCUT2D eigenvalue weighted by Gasteiger charge is 2.47. The fourth-order valence-electron chi connectivity index (χ4n) is 1.98.